The summed E-state index contributed by atoms with van der Waals surface area (Å²) in [5, 5.41) is 3.65. The fourth-order valence-corrected chi connectivity index (χ4v) is 2.94. The van der Waals surface area contributed by atoms with Gasteiger partial charge in [-0.3, -0.25) is 0 Å². The summed E-state index contributed by atoms with van der Waals surface area (Å²) >= 11 is 1.93. The highest BCUT2D eigenvalue weighted by atomic mass is 32.2. The Morgan fingerprint density at radius 3 is 2.89 bits per heavy atom. The van der Waals surface area contributed by atoms with Crippen LogP contribution in [0, 0.1) is 0 Å². The minimum Gasteiger partial charge on any atom is -0.369 e. The van der Waals surface area contributed by atoms with Gasteiger partial charge in [-0.15, -0.1) is 0 Å². The van der Waals surface area contributed by atoms with Gasteiger partial charge in [-0.25, -0.2) is 0 Å². The summed E-state index contributed by atoms with van der Waals surface area (Å²) in [6, 6.07) is 8.79. The molecule has 18 heavy (non-hydrogen) atoms. The van der Waals surface area contributed by atoms with E-state index in [0.29, 0.717) is 0 Å². The van der Waals surface area contributed by atoms with E-state index in [2.05, 4.69) is 54.6 Å². The topological polar surface area (TPSA) is 15.3 Å². The predicted octanol–water partition coefficient (Wildman–Crippen LogP) is 3.13. The molecule has 2 nitrogen and oxygen atoms in total. The van der Waals surface area contributed by atoms with Crippen LogP contribution in [0.2, 0.25) is 0 Å². The Kier molecular flexibility index (Phi) is 4.57. The van der Waals surface area contributed by atoms with Gasteiger partial charge in [0.25, 0.3) is 0 Å². The number of rotatable bonds is 4. The molecule has 0 aliphatic carbocycles. The number of hydrogen-bond acceptors (Lipinski definition) is 3. The quantitative estimate of drug-likeness (QED) is 0.841. The molecule has 100 valence electrons. The van der Waals surface area contributed by atoms with E-state index in [1.807, 2.05) is 11.8 Å². The third kappa shape index (κ3) is 3.42. The molecule has 0 unspecified atom stereocenters. The summed E-state index contributed by atoms with van der Waals surface area (Å²) in [5.41, 5.74) is 3.02. The van der Waals surface area contributed by atoms with Gasteiger partial charge in [0, 0.05) is 30.9 Å². The molecule has 0 bridgehead atoms. The lowest BCUT2D eigenvalue weighted by Crippen LogP contribution is -2.47. The van der Waals surface area contributed by atoms with Gasteiger partial charge in [-0.2, -0.15) is 11.8 Å². The van der Waals surface area contributed by atoms with Crippen LogP contribution in [-0.2, 0) is 6.54 Å². The van der Waals surface area contributed by atoms with E-state index >= 15 is 0 Å². The molecule has 1 aromatic carbocycles. The Balaban J connectivity index is 2.17. The first-order valence-electron chi connectivity index (χ1n) is 6.69. The summed E-state index contributed by atoms with van der Waals surface area (Å²) < 4.78 is 0. The second-order valence-electron chi connectivity index (χ2n) is 5.63. The Morgan fingerprint density at radius 2 is 2.11 bits per heavy atom. The molecule has 0 radical (unpaired) electrons. The molecule has 1 N–H and O–H groups in total. The van der Waals surface area contributed by atoms with Gasteiger partial charge in [0.15, 0.2) is 0 Å². The van der Waals surface area contributed by atoms with E-state index in [-0.39, 0.29) is 5.54 Å². The van der Waals surface area contributed by atoms with Crippen LogP contribution in [0.15, 0.2) is 24.3 Å². The van der Waals surface area contributed by atoms with Crippen molar-refractivity contribution in [2.45, 2.75) is 32.4 Å². The van der Waals surface area contributed by atoms with Crippen molar-refractivity contribution < 1.29 is 0 Å². The molecule has 0 atom stereocenters. The summed E-state index contributed by atoms with van der Waals surface area (Å²) in [4.78, 5) is 2.55. The van der Waals surface area contributed by atoms with Crippen LogP contribution in [0.1, 0.15) is 25.8 Å². The highest BCUT2D eigenvalue weighted by Gasteiger charge is 2.26. The first-order chi connectivity index (χ1) is 8.62. The Bertz CT molecular complexity index is 390. The van der Waals surface area contributed by atoms with Crippen molar-refractivity contribution in [2.75, 3.05) is 30.0 Å². The van der Waals surface area contributed by atoms with Crippen molar-refractivity contribution in [3.63, 3.8) is 0 Å². The smallest absolute Gasteiger partial charge is 0.0412 e. The maximum Gasteiger partial charge on any atom is 0.0412 e. The summed E-state index contributed by atoms with van der Waals surface area (Å²) in [5.74, 6) is 1.24. The Labute approximate surface area is 115 Å². The zero-order valence-electron chi connectivity index (χ0n) is 11.7. The van der Waals surface area contributed by atoms with E-state index in [4.69, 9.17) is 0 Å². The average Bonchev–Trinajstić information content (AvgIpc) is 2.48. The van der Waals surface area contributed by atoms with E-state index in [0.717, 1.165) is 19.6 Å². The average molecular weight is 264 g/mol. The molecular formula is C15H24N2S. The zero-order valence-corrected chi connectivity index (χ0v) is 12.5. The van der Waals surface area contributed by atoms with E-state index in [9.17, 15) is 0 Å². The predicted molar refractivity (Wildman–Crippen MR) is 82.6 cm³/mol. The number of nitrogens with one attached hydrogen (secondary N) is 1. The molecule has 0 amide bonds. The molecule has 1 aromatic rings. The van der Waals surface area contributed by atoms with Crippen LogP contribution in [0.5, 0.6) is 0 Å². The standard InChI is InChI=1S/C15H24N2S/c1-15(2)12-17(9-6-10-18-3)14-8-5-4-7-13(14)11-16-15/h4-5,7-8,16H,6,9-12H2,1-3H3. The first kappa shape index (κ1) is 13.8. The number of hydrogen-bond donors (Lipinski definition) is 1. The van der Waals surface area contributed by atoms with Crippen LogP contribution >= 0.6 is 11.8 Å². The molecular weight excluding hydrogens is 240 g/mol. The van der Waals surface area contributed by atoms with Crippen molar-refractivity contribution in [1.29, 1.82) is 0 Å². The number of fused-ring (bicyclic) bond motifs is 1. The molecule has 2 rings (SSSR count). The minimum absolute atomic E-state index is 0.179. The maximum absolute atomic E-state index is 3.65. The molecule has 1 aliphatic rings. The lowest BCUT2D eigenvalue weighted by molar-refractivity contribution is 0.395. The lowest BCUT2D eigenvalue weighted by Gasteiger charge is -2.32. The van der Waals surface area contributed by atoms with Gasteiger partial charge < -0.3 is 10.2 Å². The molecule has 0 spiro atoms. The SMILES string of the molecule is CSCCCN1CC(C)(C)NCc2ccccc21. The Hall–Kier alpha value is -0.670. The minimum atomic E-state index is 0.179. The second kappa shape index (κ2) is 5.98. The van der Waals surface area contributed by atoms with Crippen molar-refractivity contribution in [1.82, 2.24) is 5.32 Å². The third-order valence-corrected chi connectivity index (χ3v) is 4.15. The largest absolute Gasteiger partial charge is 0.369 e. The molecule has 3 heteroatoms. The maximum atomic E-state index is 3.65. The fraction of sp³-hybridized carbons (Fsp3) is 0.600. The summed E-state index contributed by atoms with van der Waals surface area (Å²) in [6.45, 7) is 7.80. The number of benzene rings is 1. The van der Waals surface area contributed by atoms with Crippen molar-refractivity contribution in [2.24, 2.45) is 0 Å². The number of para-hydroxylation sites is 1. The van der Waals surface area contributed by atoms with E-state index in [1.54, 1.807) is 0 Å². The molecule has 0 aromatic heterocycles. The van der Waals surface area contributed by atoms with Crippen LogP contribution in [0.3, 0.4) is 0 Å². The third-order valence-electron chi connectivity index (χ3n) is 3.45. The monoisotopic (exact) mass is 264 g/mol. The van der Waals surface area contributed by atoms with Crippen LogP contribution in [0.25, 0.3) is 0 Å². The van der Waals surface area contributed by atoms with Gasteiger partial charge >= 0.3 is 0 Å². The lowest BCUT2D eigenvalue weighted by atomic mass is 10.1. The van der Waals surface area contributed by atoms with Crippen molar-refractivity contribution in [3.05, 3.63) is 29.8 Å². The fourth-order valence-electron chi connectivity index (χ4n) is 2.52. The normalized spacial score (nSPS) is 18.3. The number of anilines is 1. The van der Waals surface area contributed by atoms with Gasteiger partial charge in [0.1, 0.15) is 0 Å². The van der Waals surface area contributed by atoms with Crippen molar-refractivity contribution >= 4 is 17.4 Å². The summed E-state index contributed by atoms with van der Waals surface area (Å²) in [7, 11) is 0. The van der Waals surface area contributed by atoms with Gasteiger partial charge in [0.2, 0.25) is 0 Å². The molecule has 0 saturated carbocycles. The molecule has 1 aliphatic heterocycles. The first-order valence-corrected chi connectivity index (χ1v) is 8.08. The van der Waals surface area contributed by atoms with Gasteiger partial charge in [-0.05, 0) is 43.9 Å². The highest BCUT2D eigenvalue weighted by molar-refractivity contribution is 7.98. The number of thioether (sulfide) groups is 1. The second-order valence-corrected chi connectivity index (χ2v) is 6.62. The number of nitrogens with zero attached hydrogens (tertiary/aromatic N) is 1. The van der Waals surface area contributed by atoms with Gasteiger partial charge in [0.05, 0.1) is 0 Å². The van der Waals surface area contributed by atoms with Crippen LogP contribution in [-0.4, -0.2) is 30.6 Å². The van der Waals surface area contributed by atoms with Crippen LogP contribution < -0.4 is 10.2 Å². The molecule has 1 heterocycles. The highest BCUT2D eigenvalue weighted by Crippen LogP contribution is 2.26. The van der Waals surface area contributed by atoms with E-state index < -0.39 is 0 Å². The zero-order chi connectivity index (χ0) is 13.0. The van der Waals surface area contributed by atoms with Crippen LogP contribution in [0.4, 0.5) is 5.69 Å². The van der Waals surface area contributed by atoms with E-state index in [1.165, 1.54) is 23.4 Å². The summed E-state index contributed by atoms with van der Waals surface area (Å²) in [6.07, 6.45) is 3.44. The van der Waals surface area contributed by atoms with Gasteiger partial charge in [-0.1, -0.05) is 18.2 Å². The molecule has 0 fully saturated rings. The van der Waals surface area contributed by atoms with Crippen molar-refractivity contribution in [3.8, 4) is 0 Å². The Morgan fingerprint density at radius 1 is 1.33 bits per heavy atom. The molecule has 0 saturated heterocycles.